The molecule has 0 heterocycles. The van der Waals surface area contributed by atoms with E-state index in [1.165, 1.54) is 0 Å². The summed E-state index contributed by atoms with van der Waals surface area (Å²) in [7, 11) is 0. The lowest BCUT2D eigenvalue weighted by Gasteiger charge is -2.15. The number of hydrogen-bond donors (Lipinski definition) is 0. The molecule has 0 aliphatic carbocycles. The van der Waals surface area contributed by atoms with Crippen molar-refractivity contribution >= 4 is 40.6 Å². The van der Waals surface area contributed by atoms with Gasteiger partial charge in [0.1, 0.15) is 0 Å². The van der Waals surface area contributed by atoms with Crippen LogP contribution < -0.4 is 0 Å². The zero-order valence-electron chi connectivity index (χ0n) is 9.89. The predicted octanol–water partition coefficient (Wildman–Crippen LogP) is 2.85. The number of hydrogen-bond acceptors (Lipinski definition) is 6. The highest BCUT2D eigenvalue weighted by atomic mass is 32.9. The van der Waals surface area contributed by atoms with Crippen LogP contribution in [-0.4, -0.2) is 37.3 Å². The fourth-order valence-corrected chi connectivity index (χ4v) is 6.21. The predicted molar refractivity (Wildman–Crippen MR) is 70.9 cm³/mol. The van der Waals surface area contributed by atoms with Gasteiger partial charge in [-0.1, -0.05) is 18.7 Å². The molecular formula is C9H17O4PS2. The molecule has 4 nitrogen and oxygen atoms in total. The van der Waals surface area contributed by atoms with Gasteiger partial charge in [-0.25, -0.2) is 4.79 Å². The molecule has 0 fully saturated rings. The smallest absolute Gasteiger partial charge is 0.434 e. The third-order valence-corrected chi connectivity index (χ3v) is 5.76. The first-order valence-electron chi connectivity index (χ1n) is 4.85. The second kappa shape index (κ2) is 7.30. The van der Waals surface area contributed by atoms with E-state index in [0.29, 0.717) is 0 Å². The summed E-state index contributed by atoms with van der Waals surface area (Å²) >= 11 is 6.87. The zero-order chi connectivity index (χ0) is 12.8. The van der Waals surface area contributed by atoms with E-state index in [2.05, 4.69) is 9.47 Å². The maximum absolute atomic E-state index is 11.3. The first-order valence-corrected chi connectivity index (χ1v) is 10.0. The van der Waals surface area contributed by atoms with E-state index in [0.717, 1.165) is 0 Å². The van der Waals surface area contributed by atoms with Gasteiger partial charge in [0.15, 0.2) is 0 Å². The largest absolute Gasteiger partial charge is 0.516 e. The zero-order valence-corrected chi connectivity index (χ0v) is 12.4. The van der Waals surface area contributed by atoms with Gasteiger partial charge in [-0.05, 0) is 20.3 Å². The highest BCUT2D eigenvalue weighted by Gasteiger charge is 2.18. The number of carbonyl (C=O) groups excluding carboxylic acids is 2. The Morgan fingerprint density at radius 3 is 2.44 bits per heavy atom. The molecule has 0 radical (unpaired) electrons. The molecule has 0 aliphatic heterocycles. The van der Waals surface area contributed by atoms with E-state index in [4.69, 9.17) is 11.8 Å². The summed E-state index contributed by atoms with van der Waals surface area (Å²) in [6, 6.07) is 0. The van der Waals surface area contributed by atoms with E-state index < -0.39 is 17.4 Å². The molecule has 94 valence electrons. The van der Waals surface area contributed by atoms with Gasteiger partial charge >= 0.3 is 12.1 Å². The minimum Gasteiger partial charge on any atom is -0.434 e. The van der Waals surface area contributed by atoms with Crippen molar-refractivity contribution in [3.05, 3.63) is 0 Å². The molecule has 0 rings (SSSR count). The lowest BCUT2D eigenvalue weighted by molar-refractivity contribution is -0.139. The van der Waals surface area contributed by atoms with Crippen LogP contribution in [0.5, 0.6) is 0 Å². The summed E-state index contributed by atoms with van der Waals surface area (Å²) < 4.78 is 8.93. The third kappa shape index (κ3) is 9.19. The van der Waals surface area contributed by atoms with Crippen molar-refractivity contribution in [3.63, 3.8) is 0 Å². The SMILES string of the molecule is CCOC(=O)OC(=O)CC(C)SP(C)(C)=S. The fraction of sp³-hybridized carbons (Fsp3) is 0.778. The van der Waals surface area contributed by atoms with E-state index in [-0.39, 0.29) is 18.3 Å². The van der Waals surface area contributed by atoms with Gasteiger partial charge in [-0.3, -0.25) is 4.79 Å². The highest BCUT2D eigenvalue weighted by Crippen LogP contribution is 2.54. The van der Waals surface area contributed by atoms with Gasteiger partial charge < -0.3 is 9.47 Å². The summed E-state index contributed by atoms with van der Waals surface area (Å²) in [5, 5.41) is -1.34. The Hall–Kier alpha value is -0.0600. The van der Waals surface area contributed by atoms with Crippen molar-refractivity contribution in [2.24, 2.45) is 0 Å². The van der Waals surface area contributed by atoms with E-state index in [9.17, 15) is 9.59 Å². The van der Waals surface area contributed by atoms with Crippen LogP contribution in [0.25, 0.3) is 0 Å². The highest BCUT2D eigenvalue weighted by molar-refractivity contribution is 8.70. The second-order valence-corrected chi connectivity index (χ2v) is 13.9. The van der Waals surface area contributed by atoms with Crippen LogP contribution in [0.2, 0.25) is 0 Å². The Morgan fingerprint density at radius 2 is 2.00 bits per heavy atom. The Morgan fingerprint density at radius 1 is 1.44 bits per heavy atom. The minimum atomic E-state index is -1.40. The van der Waals surface area contributed by atoms with Gasteiger partial charge in [0, 0.05) is 10.5 Å². The van der Waals surface area contributed by atoms with Crippen molar-refractivity contribution in [2.75, 3.05) is 19.9 Å². The fourth-order valence-electron chi connectivity index (χ4n) is 0.987. The molecule has 0 N–H and O–H groups in total. The number of ether oxygens (including phenoxy) is 2. The van der Waals surface area contributed by atoms with Crippen molar-refractivity contribution < 1.29 is 19.1 Å². The maximum Gasteiger partial charge on any atom is 0.516 e. The summed E-state index contributed by atoms with van der Waals surface area (Å²) in [4.78, 5) is 22.1. The standard InChI is InChI=1S/C9H17O4PS2/c1-5-12-9(11)13-8(10)6-7(2)16-14(3,4)15/h7H,5-6H2,1-4H3. The molecule has 0 bridgehead atoms. The van der Waals surface area contributed by atoms with Gasteiger partial charge in [-0.15, -0.1) is 11.4 Å². The van der Waals surface area contributed by atoms with Crippen LogP contribution in [0.4, 0.5) is 4.79 Å². The average Bonchev–Trinajstić information content (AvgIpc) is 1.98. The summed E-state index contributed by atoms with van der Waals surface area (Å²) in [5.74, 6) is -0.568. The molecule has 0 saturated heterocycles. The van der Waals surface area contributed by atoms with Gasteiger partial charge in [-0.2, -0.15) is 0 Å². The van der Waals surface area contributed by atoms with Crippen LogP contribution in [0, 0.1) is 0 Å². The topological polar surface area (TPSA) is 52.6 Å². The van der Waals surface area contributed by atoms with E-state index >= 15 is 0 Å². The Kier molecular flexibility index (Phi) is 7.27. The van der Waals surface area contributed by atoms with Crippen LogP contribution in [-0.2, 0) is 26.1 Å². The molecule has 0 aromatic heterocycles. The lowest BCUT2D eigenvalue weighted by atomic mass is 10.3. The quantitative estimate of drug-likeness (QED) is 0.439. The van der Waals surface area contributed by atoms with Crippen LogP contribution in [0.1, 0.15) is 20.3 Å². The Bertz CT molecular complexity index is 300. The normalized spacial score (nSPS) is 13.0. The van der Waals surface area contributed by atoms with Gasteiger partial charge in [0.2, 0.25) is 0 Å². The first-order chi connectivity index (χ1) is 7.24. The Labute approximate surface area is 105 Å². The van der Waals surface area contributed by atoms with Gasteiger partial charge in [0.25, 0.3) is 0 Å². The minimum absolute atomic E-state index is 0.0581. The van der Waals surface area contributed by atoms with Crippen LogP contribution >= 0.6 is 16.6 Å². The molecular weight excluding hydrogens is 267 g/mol. The summed E-state index contributed by atoms with van der Waals surface area (Å²) in [6.07, 6.45) is -0.763. The average molecular weight is 284 g/mol. The molecule has 0 aromatic carbocycles. The molecule has 0 spiro atoms. The molecule has 7 heteroatoms. The first kappa shape index (κ1) is 15.9. The molecule has 16 heavy (non-hydrogen) atoms. The van der Waals surface area contributed by atoms with E-state index in [1.54, 1.807) is 18.3 Å². The molecule has 0 aliphatic rings. The third-order valence-electron chi connectivity index (χ3n) is 1.35. The molecule has 1 unspecified atom stereocenters. The number of esters is 1. The number of rotatable bonds is 5. The van der Waals surface area contributed by atoms with Crippen molar-refractivity contribution in [1.82, 2.24) is 0 Å². The maximum atomic E-state index is 11.3. The second-order valence-electron chi connectivity index (χ2n) is 3.53. The monoisotopic (exact) mass is 284 g/mol. The van der Waals surface area contributed by atoms with E-state index in [1.807, 2.05) is 20.3 Å². The van der Waals surface area contributed by atoms with Crippen molar-refractivity contribution in [2.45, 2.75) is 25.5 Å². The van der Waals surface area contributed by atoms with Crippen LogP contribution in [0.3, 0.4) is 0 Å². The number of carbonyl (C=O) groups is 2. The summed E-state index contributed by atoms with van der Waals surface area (Å²) in [6.45, 7) is 7.74. The molecule has 1 atom stereocenters. The molecule has 0 amide bonds. The van der Waals surface area contributed by atoms with Crippen LogP contribution in [0.15, 0.2) is 0 Å². The Balaban J connectivity index is 3.96. The summed E-state index contributed by atoms with van der Waals surface area (Å²) in [5.41, 5.74) is 0. The molecule has 0 aromatic rings. The lowest BCUT2D eigenvalue weighted by Crippen LogP contribution is -2.16. The molecule has 0 saturated carbocycles. The van der Waals surface area contributed by atoms with Gasteiger partial charge in [0.05, 0.1) is 13.0 Å². The van der Waals surface area contributed by atoms with Crippen molar-refractivity contribution in [3.8, 4) is 0 Å². The van der Waals surface area contributed by atoms with Crippen molar-refractivity contribution in [1.29, 1.82) is 0 Å².